The van der Waals surface area contributed by atoms with Gasteiger partial charge >= 0.3 is 0 Å². The van der Waals surface area contributed by atoms with Crippen molar-refractivity contribution in [1.82, 2.24) is 4.57 Å². The van der Waals surface area contributed by atoms with E-state index >= 15 is 0 Å². The second kappa shape index (κ2) is 7.11. The van der Waals surface area contributed by atoms with Crippen molar-refractivity contribution in [3.05, 3.63) is 79.2 Å². The molecule has 0 aliphatic carbocycles. The molecule has 2 heterocycles. The van der Waals surface area contributed by atoms with E-state index in [-0.39, 0.29) is 11.3 Å². The lowest BCUT2D eigenvalue weighted by molar-refractivity contribution is 0.105. The number of fused-ring (bicyclic) bond motifs is 1. The van der Waals surface area contributed by atoms with Crippen molar-refractivity contribution >= 4 is 45.2 Å². The van der Waals surface area contributed by atoms with Crippen LogP contribution in [0.15, 0.2) is 58.2 Å². The largest absolute Gasteiger partial charge is 0.337 e. The van der Waals surface area contributed by atoms with Crippen molar-refractivity contribution in [2.45, 2.75) is 18.7 Å². The zero-order valence-corrected chi connectivity index (χ0v) is 17.8. The summed E-state index contributed by atoms with van der Waals surface area (Å²) in [6.07, 6.45) is 0. The van der Waals surface area contributed by atoms with Gasteiger partial charge in [-0.25, -0.2) is 0 Å². The molecule has 142 valence electrons. The first-order valence-corrected chi connectivity index (χ1v) is 10.6. The first-order valence-electron chi connectivity index (χ1n) is 8.92. The van der Waals surface area contributed by atoms with Gasteiger partial charge in [0, 0.05) is 30.1 Å². The minimum Gasteiger partial charge on any atom is -0.337 e. The molecule has 1 aliphatic heterocycles. The molecule has 1 aliphatic rings. The lowest BCUT2D eigenvalue weighted by Gasteiger charge is -2.14. The molecule has 1 aromatic heterocycles. The van der Waals surface area contributed by atoms with Crippen LogP contribution >= 0.6 is 23.1 Å². The molecule has 3 aromatic rings. The first kappa shape index (κ1) is 18.8. The van der Waals surface area contributed by atoms with Crippen LogP contribution in [-0.2, 0) is 7.05 Å². The second-order valence-electron chi connectivity index (χ2n) is 6.81. The Balaban J connectivity index is 1.92. The fourth-order valence-electron chi connectivity index (χ4n) is 3.44. The van der Waals surface area contributed by atoms with Crippen LogP contribution in [0.4, 0.5) is 5.69 Å². The normalized spacial score (nSPS) is 16.2. The van der Waals surface area contributed by atoms with Gasteiger partial charge in [-0.3, -0.25) is 9.59 Å². The maximum absolute atomic E-state index is 13.0. The van der Waals surface area contributed by atoms with Crippen LogP contribution in [0.3, 0.4) is 0 Å². The Morgan fingerprint density at radius 3 is 2.39 bits per heavy atom. The number of aryl methyl sites for hydroxylation is 1. The molecule has 0 radical (unpaired) electrons. The van der Waals surface area contributed by atoms with E-state index in [1.807, 2.05) is 31.3 Å². The molecule has 0 saturated heterocycles. The average molecular weight is 409 g/mol. The molecule has 4 rings (SSSR count). The smallest absolute Gasteiger partial charge is 0.271 e. The van der Waals surface area contributed by atoms with Gasteiger partial charge in [-0.1, -0.05) is 54.2 Å². The van der Waals surface area contributed by atoms with Gasteiger partial charge in [0.25, 0.3) is 5.56 Å². The number of Topliss-reactive ketones (excluding diaryl/α,β-unsaturated/α-hetero) is 1. The molecule has 0 fully saturated rings. The summed E-state index contributed by atoms with van der Waals surface area (Å²) in [7, 11) is 3.73. The number of anilines is 1. The Morgan fingerprint density at radius 1 is 1.00 bits per heavy atom. The van der Waals surface area contributed by atoms with E-state index in [0.29, 0.717) is 20.3 Å². The topological polar surface area (TPSA) is 42.3 Å². The number of hydrogen-bond donors (Lipinski definition) is 0. The summed E-state index contributed by atoms with van der Waals surface area (Å²) in [5, 5.41) is 0.918. The summed E-state index contributed by atoms with van der Waals surface area (Å²) in [6, 6.07) is 15.4. The molecule has 0 spiro atoms. The Labute approximate surface area is 171 Å². The quantitative estimate of drug-likeness (QED) is 0.611. The third kappa shape index (κ3) is 2.93. The van der Waals surface area contributed by atoms with Crippen LogP contribution in [0.5, 0.6) is 0 Å². The molecule has 0 saturated carbocycles. The lowest BCUT2D eigenvalue weighted by atomic mass is 10.1. The van der Waals surface area contributed by atoms with E-state index in [1.54, 1.807) is 42.4 Å². The number of aromatic nitrogens is 1. The highest BCUT2D eigenvalue weighted by atomic mass is 32.2. The van der Waals surface area contributed by atoms with Crippen molar-refractivity contribution < 1.29 is 4.79 Å². The van der Waals surface area contributed by atoms with E-state index in [1.165, 1.54) is 16.9 Å². The fourth-order valence-corrected chi connectivity index (χ4v) is 5.95. The van der Waals surface area contributed by atoms with E-state index in [9.17, 15) is 9.59 Å². The minimum absolute atomic E-state index is 0.0550. The van der Waals surface area contributed by atoms with Gasteiger partial charge in [0.1, 0.15) is 14.2 Å². The number of thiazole rings is 1. The maximum Gasteiger partial charge on any atom is 0.271 e. The number of ketones is 1. The van der Waals surface area contributed by atoms with Crippen molar-refractivity contribution in [2.24, 2.45) is 7.05 Å². The van der Waals surface area contributed by atoms with Crippen LogP contribution < -0.4 is 19.7 Å². The van der Waals surface area contributed by atoms with Crippen LogP contribution in [-0.4, -0.2) is 17.4 Å². The summed E-state index contributed by atoms with van der Waals surface area (Å²) < 4.78 is 2.96. The minimum atomic E-state index is -0.0694. The predicted molar refractivity (Wildman–Crippen MR) is 118 cm³/mol. The van der Waals surface area contributed by atoms with E-state index in [2.05, 4.69) is 24.0 Å². The molecule has 0 bridgehead atoms. The third-order valence-electron chi connectivity index (χ3n) is 4.94. The highest BCUT2D eigenvalue weighted by molar-refractivity contribution is 8.08. The number of para-hydroxylation sites is 1. The van der Waals surface area contributed by atoms with Crippen LogP contribution in [0, 0.1) is 6.92 Å². The monoisotopic (exact) mass is 408 g/mol. The number of rotatable bonds is 2. The molecule has 0 N–H and O–H groups in total. The summed E-state index contributed by atoms with van der Waals surface area (Å²) in [5.41, 5.74) is 3.46. The Bertz CT molecular complexity index is 1270. The van der Waals surface area contributed by atoms with Gasteiger partial charge in [0.15, 0.2) is 5.78 Å². The second-order valence-corrected chi connectivity index (χ2v) is 8.84. The molecule has 28 heavy (non-hydrogen) atoms. The predicted octanol–water partition coefficient (Wildman–Crippen LogP) is 3.12. The zero-order chi connectivity index (χ0) is 20.0. The molecular formula is C22H20N2O2S2. The van der Waals surface area contributed by atoms with Crippen molar-refractivity contribution in [1.29, 1.82) is 0 Å². The number of hydrogen-bond acceptors (Lipinski definition) is 5. The van der Waals surface area contributed by atoms with Gasteiger partial charge in [-0.05, 0) is 25.5 Å². The average Bonchev–Trinajstić information content (AvgIpc) is 3.19. The summed E-state index contributed by atoms with van der Waals surface area (Å²) in [5.74, 6) is -0.0550. The molecule has 0 amide bonds. The number of benzene rings is 2. The summed E-state index contributed by atoms with van der Waals surface area (Å²) >= 11 is 3.00. The molecule has 2 aromatic carbocycles. The number of thioether (sulfide) groups is 1. The molecule has 0 unspecified atom stereocenters. The van der Waals surface area contributed by atoms with Crippen LogP contribution in [0.25, 0.3) is 10.6 Å². The molecule has 6 heteroatoms. The van der Waals surface area contributed by atoms with Crippen molar-refractivity contribution in [2.75, 3.05) is 11.9 Å². The van der Waals surface area contributed by atoms with Gasteiger partial charge in [-0.15, -0.1) is 11.3 Å². The van der Waals surface area contributed by atoms with E-state index < -0.39 is 0 Å². The van der Waals surface area contributed by atoms with Gasteiger partial charge in [0.05, 0.1) is 5.69 Å². The number of carbonyl (C=O) groups excluding carboxylic acids is 1. The number of nitrogens with zero attached hydrogens (tertiary/aromatic N) is 2. The highest BCUT2D eigenvalue weighted by Gasteiger charge is 2.26. The van der Waals surface area contributed by atoms with Crippen molar-refractivity contribution in [3.8, 4) is 0 Å². The van der Waals surface area contributed by atoms with Crippen LogP contribution in [0.1, 0.15) is 22.8 Å². The fraction of sp³-hybridized carbons (Fsp3) is 0.182. The summed E-state index contributed by atoms with van der Waals surface area (Å²) in [4.78, 5) is 29.1. The Morgan fingerprint density at radius 2 is 1.71 bits per heavy atom. The highest BCUT2D eigenvalue weighted by Crippen LogP contribution is 2.46. The Kier molecular flexibility index (Phi) is 4.77. The zero-order valence-electron chi connectivity index (χ0n) is 16.1. The molecule has 4 nitrogen and oxygen atoms in total. The van der Waals surface area contributed by atoms with Gasteiger partial charge < -0.3 is 9.47 Å². The third-order valence-corrected chi connectivity index (χ3v) is 7.64. The van der Waals surface area contributed by atoms with Crippen molar-refractivity contribution in [3.63, 3.8) is 0 Å². The van der Waals surface area contributed by atoms with E-state index in [0.717, 1.165) is 15.6 Å². The van der Waals surface area contributed by atoms with Gasteiger partial charge in [0.2, 0.25) is 0 Å². The van der Waals surface area contributed by atoms with E-state index in [4.69, 9.17) is 0 Å². The summed E-state index contributed by atoms with van der Waals surface area (Å²) in [6.45, 7) is 3.87. The SMILES string of the molecule is C/C(C(=O)c1ccccc1)=c1\s/c(=C2\Sc3cccc(C)c3N2C)c(=O)n1C. The molecular weight excluding hydrogens is 388 g/mol. The number of carbonyl (C=O) groups is 1. The van der Waals surface area contributed by atoms with Gasteiger partial charge in [-0.2, -0.15) is 0 Å². The maximum atomic E-state index is 13.0. The first-order chi connectivity index (χ1) is 13.4. The lowest BCUT2D eigenvalue weighted by Crippen LogP contribution is -2.32. The Hall–Kier alpha value is -2.57. The van der Waals surface area contributed by atoms with Crippen LogP contribution in [0.2, 0.25) is 0 Å². The molecule has 0 atom stereocenters. The standard InChI is InChI=1S/C22H20N2O2S2/c1-13-9-8-12-16-17(13)23(3)22(27-16)19-20(26)24(4)21(28-19)14(2)18(25)15-10-6-5-7-11-15/h5-12H,1-4H3/b21-14+,22-19-.